The van der Waals surface area contributed by atoms with Gasteiger partial charge in [0, 0.05) is 32.8 Å². The second-order valence-electron chi connectivity index (χ2n) is 7.34. The molecule has 1 N–H and O–H groups in total. The number of thioether (sulfide) groups is 1. The molecule has 2 aliphatic rings. The summed E-state index contributed by atoms with van der Waals surface area (Å²) in [6.45, 7) is 3.27. The molecule has 2 aromatic rings. The number of carbonyl (C=O) groups excluding carboxylic acids is 1. The zero-order valence-electron chi connectivity index (χ0n) is 16.1. The van der Waals surface area contributed by atoms with Crippen LogP contribution in [0.5, 0.6) is 0 Å². The molecule has 2 fully saturated rings. The van der Waals surface area contributed by atoms with Crippen molar-refractivity contribution in [1.29, 1.82) is 0 Å². The van der Waals surface area contributed by atoms with Crippen LogP contribution in [0.2, 0.25) is 0 Å². The summed E-state index contributed by atoms with van der Waals surface area (Å²) < 4.78 is 11.0. The number of methoxy groups -OCH3 is 1. The molecule has 28 heavy (non-hydrogen) atoms. The Labute approximate surface area is 169 Å². The van der Waals surface area contributed by atoms with Gasteiger partial charge in [0.05, 0.1) is 18.1 Å². The van der Waals surface area contributed by atoms with Gasteiger partial charge in [-0.1, -0.05) is 11.8 Å². The maximum absolute atomic E-state index is 12.1. The normalized spacial score (nSPS) is 16.5. The van der Waals surface area contributed by atoms with Gasteiger partial charge in [-0.25, -0.2) is 9.97 Å². The molecule has 0 bridgehead atoms. The van der Waals surface area contributed by atoms with Crippen LogP contribution in [-0.2, 0) is 17.1 Å². The lowest BCUT2D eigenvalue weighted by Crippen LogP contribution is -2.24. The van der Waals surface area contributed by atoms with Crippen LogP contribution in [-0.4, -0.2) is 42.6 Å². The first-order valence-corrected chi connectivity index (χ1v) is 10.8. The second-order valence-corrected chi connectivity index (χ2v) is 8.28. The molecule has 4 rings (SSSR count). The highest BCUT2D eigenvalue weighted by molar-refractivity contribution is 7.98. The molecule has 0 aromatic carbocycles. The third-order valence-corrected chi connectivity index (χ3v) is 5.81. The molecule has 1 saturated heterocycles. The maximum atomic E-state index is 12.1. The number of hydrogen-bond acceptors (Lipinski definition) is 7. The van der Waals surface area contributed by atoms with Gasteiger partial charge in [-0.3, -0.25) is 4.79 Å². The van der Waals surface area contributed by atoms with E-state index in [0.29, 0.717) is 29.2 Å². The fourth-order valence-electron chi connectivity index (χ4n) is 3.21. The summed E-state index contributed by atoms with van der Waals surface area (Å²) in [5.74, 6) is 3.15. The van der Waals surface area contributed by atoms with E-state index in [9.17, 15) is 4.79 Å². The third kappa shape index (κ3) is 5.05. The number of furan rings is 1. The number of rotatable bonds is 9. The molecule has 1 amide bonds. The Hall–Kier alpha value is -2.06. The van der Waals surface area contributed by atoms with Crippen molar-refractivity contribution in [3.05, 3.63) is 35.4 Å². The Bertz CT molecular complexity index is 816. The molecule has 8 heteroatoms. The fraction of sp³-hybridized carbons (Fsp3) is 0.550. The summed E-state index contributed by atoms with van der Waals surface area (Å²) in [7, 11) is 1.67. The number of hydrogen-bond donors (Lipinski definition) is 1. The Morgan fingerprint density at radius 2 is 2.14 bits per heavy atom. The first-order chi connectivity index (χ1) is 13.7. The second kappa shape index (κ2) is 8.96. The molecule has 1 aliphatic carbocycles. The molecule has 3 heterocycles. The minimum atomic E-state index is -0.141. The van der Waals surface area contributed by atoms with Crippen LogP contribution < -0.4 is 10.2 Å². The lowest BCUT2D eigenvalue weighted by molar-refractivity contribution is 0.0922. The average Bonchev–Trinajstić information content (AvgIpc) is 3.17. The summed E-state index contributed by atoms with van der Waals surface area (Å²) in [6.07, 6.45) is 4.82. The molecule has 1 aliphatic heterocycles. The van der Waals surface area contributed by atoms with E-state index in [1.165, 1.54) is 37.4 Å². The van der Waals surface area contributed by atoms with E-state index in [1.54, 1.807) is 13.2 Å². The number of amides is 1. The highest BCUT2D eigenvalue weighted by Crippen LogP contribution is 2.28. The summed E-state index contributed by atoms with van der Waals surface area (Å²) in [4.78, 5) is 23.7. The number of aromatic nitrogens is 2. The Morgan fingerprint density at radius 3 is 2.89 bits per heavy atom. The molecular formula is C20H26N4O3S. The van der Waals surface area contributed by atoms with E-state index in [1.807, 2.05) is 12.1 Å². The van der Waals surface area contributed by atoms with Crippen molar-refractivity contribution in [3.8, 4) is 0 Å². The van der Waals surface area contributed by atoms with Gasteiger partial charge in [-0.2, -0.15) is 0 Å². The Morgan fingerprint density at radius 1 is 1.32 bits per heavy atom. The molecule has 0 unspecified atom stereocenters. The summed E-state index contributed by atoms with van der Waals surface area (Å²) in [5, 5.41) is 3.63. The lowest BCUT2D eigenvalue weighted by atomic mass is 10.4. The fourth-order valence-corrected chi connectivity index (χ4v) is 3.98. The van der Waals surface area contributed by atoms with Gasteiger partial charge < -0.3 is 19.4 Å². The van der Waals surface area contributed by atoms with Crippen molar-refractivity contribution >= 4 is 23.5 Å². The van der Waals surface area contributed by atoms with Gasteiger partial charge in [-0.05, 0) is 43.7 Å². The Kier molecular flexibility index (Phi) is 6.17. The van der Waals surface area contributed by atoms with Crippen molar-refractivity contribution < 1.29 is 13.9 Å². The van der Waals surface area contributed by atoms with Gasteiger partial charge in [0.2, 0.25) is 0 Å². The van der Waals surface area contributed by atoms with E-state index >= 15 is 0 Å². The minimum Gasteiger partial charge on any atom is -0.455 e. The molecule has 150 valence electrons. The van der Waals surface area contributed by atoms with E-state index in [2.05, 4.69) is 15.2 Å². The quantitative estimate of drug-likeness (QED) is 0.509. The number of nitrogens with zero attached hydrogens (tertiary/aromatic N) is 3. The minimum absolute atomic E-state index is 0.141. The van der Waals surface area contributed by atoms with Crippen LogP contribution in [0.25, 0.3) is 0 Å². The molecule has 0 radical (unpaired) electrons. The number of nitrogens with one attached hydrogen (secondary N) is 1. The molecule has 1 saturated carbocycles. The van der Waals surface area contributed by atoms with Gasteiger partial charge in [0.1, 0.15) is 11.6 Å². The van der Waals surface area contributed by atoms with Crippen LogP contribution in [0.15, 0.2) is 27.8 Å². The number of carbonyl (C=O) groups is 1. The average molecular weight is 403 g/mol. The third-order valence-electron chi connectivity index (χ3n) is 4.94. The smallest absolute Gasteiger partial charge is 0.287 e. The largest absolute Gasteiger partial charge is 0.455 e. The summed E-state index contributed by atoms with van der Waals surface area (Å²) in [6, 6.07) is 5.59. The van der Waals surface area contributed by atoms with E-state index < -0.39 is 0 Å². The molecule has 2 aromatic heterocycles. The van der Waals surface area contributed by atoms with Gasteiger partial charge in [-0.15, -0.1) is 0 Å². The Balaban J connectivity index is 1.38. The zero-order valence-corrected chi connectivity index (χ0v) is 17.0. The molecule has 7 nitrogen and oxygen atoms in total. The monoisotopic (exact) mass is 402 g/mol. The zero-order chi connectivity index (χ0) is 19.3. The van der Waals surface area contributed by atoms with Crippen LogP contribution in [0.1, 0.15) is 47.7 Å². The topological polar surface area (TPSA) is 80.5 Å². The van der Waals surface area contributed by atoms with E-state index in [4.69, 9.17) is 14.1 Å². The predicted octanol–water partition coefficient (Wildman–Crippen LogP) is 3.25. The van der Waals surface area contributed by atoms with Crippen LogP contribution in [0, 0.1) is 5.92 Å². The van der Waals surface area contributed by atoms with Crippen molar-refractivity contribution in [2.75, 3.05) is 31.6 Å². The highest BCUT2D eigenvalue weighted by atomic mass is 32.2. The number of ether oxygens (including phenoxy) is 1. The molecule has 0 spiro atoms. The van der Waals surface area contributed by atoms with Crippen molar-refractivity contribution in [3.63, 3.8) is 0 Å². The first kappa shape index (κ1) is 19.3. The first-order valence-electron chi connectivity index (χ1n) is 9.83. The SMILES string of the molecule is COCc1cc(N2CCCC2)nc(SCc2ccc(C(=O)NCC3CC3)o2)n1. The van der Waals surface area contributed by atoms with E-state index in [-0.39, 0.29) is 5.91 Å². The van der Waals surface area contributed by atoms with Crippen molar-refractivity contribution in [1.82, 2.24) is 15.3 Å². The van der Waals surface area contributed by atoms with E-state index in [0.717, 1.165) is 36.9 Å². The van der Waals surface area contributed by atoms with Gasteiger partial charge in [0.25, 0.3) is 5.91 Å². The maximum Gasteiger partial charge on any atom is 0.287 e. The van der Waals surface area contributed by atoms with Crippen LogP contribution in [0.3, 0.4) is 0 Å². The van der Waals surface area contributed by atoms with Crippen LogP contribution in [0.4, 0.5) is 5.82 Å². The van der Waals surface area contributed by atoms with Gasteiger partial charge >= 0.3 is 0 Å². The molecular weight excluding hydrogens is 376 g/mol. The van der Waals surface area contributed by atoms with Crippen molar-refractivity contribution in [2.24, 2.45) is 5.92 Å². The molecule has 0 atom stereocenters. The predicted molar refractivity (Wildman–Crippen MR) is 108 cm³/mol. The van der Waals surface area contributed by atoms with Gasteiger partial charge in [0.15, 0.2) is 10.9 Å². The van der Waals surface area contributed by atoms with Crippen molar-refractivity contribution in [2.45, 2.75) is 43.2 Å². The summed E-state index contributed by atoms with van der Waals surface area (Å²) >= 11 is 1.51. The number of anilines is 1. The summed E-state index contributed by atoms with van der Waals surface area (Å²) in [5.41, 5.74) is 0.876. The lowest BCUT2D eigenvalue weighted by Gasteiger charge is -2.17. The standard InChI is InChI=1S/C20H26N4O3S/c1-26-12-15-10-18(24-8-2-3-9-24)23-20(22-15)28-13-16-6-7-17(27-16)19(25)21-11-14-4-5-14/h6-7,10,14H,2-5,8-9,11-13H2,1H3,(H,21,25). The highest BCUT2D eigenvalue weighted by Gasteiger charge is 2.22. The van der Waals surface area contributed by atoms with Crippen LogP contribution >= 0.6 is 11.8 Å².